The van der Waals surface area contributed by atoms with Crippen molar-refractivity contribution in [1.29, 1.82) is 0 Å². The lowest BCUT2D eigenvalue weighted by molar-refractivity contribution is -0.139. The summed E-state index contributed by atoms with van der Waals surface area (Å²) in [5.74, 6) is -0.682. The number of hydrogen-bond donors (Lipinski definition) is 1. The number of halogens is 2. The van der Waals surface area contributed by atoms with E-state index in [0.717, 1.165) is 9.87 Å². The average Bonchev–Trinajstić information content (AvgIpc) is 2.91. The molecular formula is C28H31Cl2N3O4S. The maximum Gasteiger partial charge on any atom is 0.264 e. The predicted molar refractivity (Wildman–Crippen MR) is 152 cm³/mol. The molecule has 3 aromatic rings. The van der Waals surface area contributed by atoms with Crippen molar-refractivity contribution in [3.8, 4) is 0 Å². The van der Waals surface area contributed by atoms with Gasteiger partial charge in [-0.25, -0.2) is 8.42 Å². The second-order valence-corrected chi connectivity index (χ2v) is 11.9. The highest BCUT2D eigenvalue weighted by Crippen LogP contribution is 2.33. The van der Waals surface area contributed by atoms with Crippen molar-refractivity contribution in [2.45, 2.75) is 38.3 Å². The second-order valence-electron chi connectivity index (χ2n) is 9.24. The Morgan fingerprint density at radius 1 is 0.895 bits per heavy atom. The minimum Gasteiger partial charge on any atom is -0.354 e. The molecule has 0 saturated carbocycles. The fraction of sp³-hybridized carbons (Fsp3) is 0.286. The van der Waals surface area contributed by atoms with E-state index in [4.69, 9.17) is 23.2 Å². The van der Waals surface area contributed by atoms with Gasteiger partial charge in [0, 0.05) is 18.1 Å². The van der Waals surface area contributed by atoms with Gasteiger partial charge in [-0.05, 0) is 48.7 Å². The molecule has 1 atom stereocenters. The van der Waals surface area contributed by atoms with E-state index in [1.165, 1.54) is 35.2 Å². The third kappa shape index (κ3) is 7.49. The van der Waals surface area contributed by atoms with Gasteiger partial charge in [0.25, 0.3) is 10.0 Å². The smallest absolute Gasteiger partial charge is 0.264 e. The lowest BCUT2D eigenvalue weighted by atomic mass is 10.1. The Labute approximate surface area is 234 Å². The molecule has 0 aromatic heterocycles. The molecule has 3 rings (SSSR count). The van der Waals surface area contributed by atoms with Gasteiger partial charge in [-0.2, -0.15) is 0 Å². The van der Waals surface area contributed by atoms with Crippen LogP contribution in [0.5, 0.6) is 0 Å². The Morgan fingerprint density at radius 2 is 1.50 bits per heavy atom. The van der Waals surface area contributed by atoms with E-state index in [9.17, 15) is 18.0 Å². The third-order valence-electron chi connectivity index (χ3n) is 5.83. The quantitative estimate of drug-likeness (QED) is 0.332. The zero-order valence-corrected chi connectivity index (χ0v) is 23.8. The van der Waals surface area contributed by atoms with Crippen molar-refractivity contribution in [2.24, 2.45) is 5.92 Å². The molecule has 3 aromatic carbocycles. The highest BCUT2D eigenvalue weighted by molar-refractivity contribution is 7.92. The number of amides is 2. The number of sulfonamides is 1. The largest absolute Gasteiger partial charge is 0.354 e. The van der Waals surface area contributed by atoms with Crippen molar-refractivity contribution >= 4 is 50.7 Å². The molecule has 0 fully saturated rings. The van der Waals surface area contributed by atoms with Crippen molar-refractivity contribution < 1.29 is 18.0 Å². The molecule has 10 heteroatoms. The summed E-state index contributed by atoms with van der Waals surface area (Å²) < 4.78 is 28.5. The van der Waals surface area contributed by atoms with Crippen molar-refractivity contribution in [3.63, 3.8) is 0 Å². The molecular weight excluding hydrogens is 545 g/mol. The number of carbonyl (C=O) groups is 2. The Bertz CT molecular complexity index is 1350. The highest BCUT2D eigenvalue weighted by atomic mass is 35.5. The van der Waals surface area contributed by atoms with E-state index < -0.39 is 28.5 Å². The topological polar surface area (TPSA) is 86.8 Å². The van der Waals surface area contributed by atoms with Gasteiger partial charge in [0.1, 0.15) is 12.6 Å². The summed E-state index contributed by atoms with van der Waals surface area (Å²) in [5, 5.41) is 3.22. The minimum atomic E-state index is -4.22. The molecule has 1 unspecified atom stereocenters. The van der Waals surface area contributed by atoms with Gasteiger partial charge in [0.05, 0.1) is 15.6 Å². The lowest BCUT2D eigenvalue weighted by Crippen LogP contribution is -2.51. The summed E-state index contributed by atoms with van der Waals surface area (Å²) in [7, 11) is -4.22. The summed E-state index contributed by atoms with van der Waals surface area (Å²) in [6, 6.07) is 20.5. The summed E-state index contributed by atoms with van der Waals surface area (Å²) in [4.78, 5) is 28.2. The Hall–Kier alpha value is -3.07. The summed E-state index contributed by atoms with van der Waals surface area (Å²) >= 11 is 12.6. The number of benzene rings is 3. The van der Waals surface area contributed by atoms with Crippen LogP contribution in [0, 0.1) is 5.92 Å². The summed E-state index contributed by atoms with van der Waals surface area (Å²) in [6.45, 7) is 5.53. The van der Waals surface area contributed by atoms with Crippen LogP contribution in [0.4, 0.5) is 5.69 Å². The van der Waals surface area contributed by atoms with Crippen molar-refractivity contribution in [3.05, 3.63) is 94.5 Å². The first-order valence-corrected chi connectivity index (χ1v) is 14.3. The molecule has 0 aliphatic rings. The van der Waals surface area contributed by atoms with Crippen LogP contribution < -0.4 is 9.62 Å². The van der Waals surface area contributed by atoms with Gasteiger partial charge in [0.2, 0.25) is 11.8 Å². The fourth-order valence-corrected chi connectivity index (χ4v) is 5.61. The first-order chi connectivity index (χ1) is 18.0. The first kappa shape index (κ1) is 29.5. The van der Waals surface area contributed by atoms with E-state index in [2.05, 4.69) is 5.32 Å². The SMILES string of the molecule is CC(C)CNC(=O)C(C)N(Cc1ccccc1)C(=O)CN(c1cc(Cl)ccc1Cl)S(=O)(=O)c1ccccc1. The Morgan fingerprint density at radius 3 is 2.11 bits per heavy atom. The van der Waals surface area contributed by atoms with Gasteiger partial charge >= 0.3 is 0 Å². The van der Waals surface area contributed by atoms with E-state index in [0.29, 0.717) is 6.54 Å². The van der Waals surface area contributed by atoms with Crippen LogP contribution in [0.1, 0.15) is 26.3 Å². The number of nitrogens with one attached hydrogen (secondary N) is 1. The molecule has 2 amide bonds. The lowest BCUT2D eigenvalue weighted by Gasteiger charge is -2.32. The molecule has 202 valence electrons. The monoisotopic (exact) mass is 575 g/mol. The van der Waals surface area contributed by atoms with E-state index >= 15 is 0 Å². The summed E-state index contributed by atoms with van der Waals surface area (Å²) in [6.07, 6.45) is 0. The molecule has 0 aliphatic heterocycles. The molecule has 0 bridgehead atoms. The first-order valence-electron chi connectivity index (χ1n) is 12.1. The molecule has 0 saturated heterocycles. The number of anilines is 1. The third-order valence-corrected chi connectivity index (χ3v) is 8.16. The second kappa shape index (κ2) is 13.1. The molecule has 0 heterocycles. The van der Waals surface area contributed by atoms with Crippen LogP contribution in [-0.2, 0) is 26.2 Å². The minimum absolute atomic E-state index is 0.0128. The number of rotatable bonds is 11. The van der Waals surface area contributed by atoms with Gasteiger partial charge in [-0.3, -0.25) is 13.9 Å². The summed E-state index contributed by atoms with van der Waals surface area (Å²) in [5.41, 5.74) is 0.857. The number of hydrogen-bond acceptors (Lipinski definition) is 4. The van der Waals surface area contributed by atoms with E-state index in [-0.39, 0.29) is 39.0 Å². The standard InChI is InChI=1S/C28H31Cl2N3O4S/c1-20(2)17-31-28(35)21(3)32(18-22-10-6-4-7-11-22)27(34)19-33(26-16-23(29)14-15-25(26)30)38(36,37)24-12-8-5-9-13-24/h4-16,20-21H,17-19H2,1-3H3,(H,31,35). The average molecular weight is 577 g/mol. The highest BCUT2D eigenvalue weighted by Gasteiger charge is 2.33. The molecule has 1 N–H and O–H groups in total. The van der Waals surface area contributed by atoms with E-state index in [1.807, 2.05) is 44.2 Å². The Balaban J connectivity index is 2.03. The van der Waals surface area contributed by atoms with E-state index in [1.54, 1.807) is 25.1 Å². The van der Waals surface area contributed by atoms with Crippen LogP contribution >= 0.6 is 23.2 Å². The number of carbonyl (C=O) groups excluding carboxylic acids is 2. The van der Waals surface area contributed by atoms with Gasteiger partial charge in [-0.15, -0.1) is 0 Å². The molecule has 7 nitrogen and oxygen atoms in total. The molecule has 0 aliphatic carbocycles. The van der Waals surface area contributed by atoms with Crippen LogP contribution in [0.3, 0.4) is 0 Å². The van der Waals surface area contributed by atoms with Crippen LogP contribution in [-0.4, -0.2) is 44.3 Å². The maximum atomic E-state index is 13.9. The fourth-order valence-electron chi connectivity index (χ4n) is 3.73. The van der Waals surface area contributed by atoms with Crippen LogP contribution in [0.25, 0.3) is 0 Å². The van der Waals surface area contributed by atoms with Crippen LogP contribution in [0.2, 0.25) is 10.0 Å². The Kier molecular flexibility index (Phi) is 10.2. The van der Waals surface area contributed by atoms with Crippen molar-refractivity contribution in [1.82, 2.24) is 10.2 Å². The van der Waals surface area contributed by atoms with Gasteiger partial charge in [0.15, 0.2) is 0 Å². The zero-order chi connectivity index (χ0) is 27.9. The van der Waals surface area contributed by atoms with Gasteiger partial charge < -0.3 is 10.2 Å². The molecule has 38 heavy (non-hydrogen) atoms. The zero-order valence-electron chi connectivity index (χ0n) is 21.5. The maximum absolute atomic E-state index is 13.9. The molecule has 0 spiro atoms. The van der Waals surface area contributed by atoms with Gasteiger partial charge in [-0.1, -0.05) is 85.6 Å². The van der Waals surface area contributed by atoms with Crippen LogP contribution in [0.15, 0.2) is 83.8 Å². The molecule has 0 radical (unpaired) electrons. The predicted octanol–water partition coefficient (Wildman–Crippen LogP) is 5.38. The normalized spacial score (nSPS) is 12.2. The van der Waals surface area contributed by atoms with Crippen molar-refractivity contribution in [2.75, 3.05) is 17.4 Å². The number of nitrogens with zero attached hydrogens (tertiary/aromatic N) is 2.